The van der Waals surface area contributed by atoms with Gasteiger partial charge in [0.2, 0.25) is 11.8 Å². The van der Waals surface area contributed by atoms with Gasteiger partial charge < -0.3 is 19.9 Å². The SMILES string of the molecule is COc1ccc(CN2CCC3(CCN(CCC(NC(=O)C4CCC4)c4ccccn4)CC3)C2=O)cc1. The molecular formula is C29H38N4O3. The maximum absolute atomic E-state index is 13.4. The summed E-state index contributed by atoms with van der Waals surface area (Å²) in [6.07, 6.45) is 8.55. The van der Waals surface area contributed by atoms with Crippen LogP contribution in [0.1, 0.15) is 62.2 Å². The minimum absolute atomic E-state index is 0.0664. The van der Waals surface area contributed by atoms with E-state index in [1.165, 1.54) is 0 Å². The van der Waals surface area contributed by atoms with Crippen LogP contribution in [0.3, 0.4) is 0 Å². The highest BCUT2D eigenvalue weighted by Gasteiger charge is 2.47. The van der Waals surface area contributed by atoms with E-state index in [0.717, 1.165) is 88.1 Å². The van der Waals surface area contributed by atoms with Crippen LogP contribution in [0.25, 0.3) is 0 Å². The molecule has 1 unspecified atom stereocenters. The fraction of sp³-hybridized carbons (Fsp3) is 0.552. The van der Waals surface area contributed by atoms with Gasteiger partial charge in [-0.05, 0) is 81.4 Å². The molecule has 2 saturated heterocycles. The maximum Gasteiger partial charge on any atom is 0.229 e. The Hall–Kier alpha value is -2.93. The number of nitrogens with zero attached hydrogens (tertiary/aromatic N) is 3. The van der Waals surface area contributed by atoms with Gasteiger partial charge in [0.25, 0.3) is 0 Å². The quantitative estimate of drug-likeness (QED) is 0.576. The molecule has 0 radical (unpaired) electrons. The molecule has 1 aromatic carbocycles. The molecule has 7 nitrogen and oxygen atoms in total. The normalized spacial score (nSPS) is 20.8. The van der Waals surface area contributed by atoms with Crippen LogP contribution in [-0.4, -0.2) is 59.9 Å². The van der Waals surface area contributed by atoms with Crippen LogP contribution >= 0.6 is 0 Å². The first-order chi connectivity index (χ1) is 17.6. The van der Waals surface area contributed by atoms with Gasteiger partial charge in [0.15, 0.2) is 0 Å². The van der Waals surface area contributed by atoms with E-state index in [2.05, 4.69) is 15.2 Å². The maximum atomic E-state index is 13.4. The highest BCUT2D eigenvalue weighted by Crippen LogP contribution is 2.42. The number of amides is 2. The molecule has 1 saturated carbocycles. The monoisotopic (exact) mass is 490 g/mol. The Kier molecular flexibility index (Phi) is 7.56. The molecule has 192 valence electrons. The zero-order chi connectivity index (χ0) is 25.0. The average Bonchev–Trinajstić information content (AvgIpc) is 3.17. The number of benzene rings is 1. The number of ether oxygens (including phenoxy) is 1. The van der Waals surface area contributed by atoms with Crippen molar-refractivity contribution in [1.29, 1.82) is 0 Å². The van der Waals surface area contributed by atoms with Crippen LogP contribution in [0, 0.1) is 11.3 Å². The summed E-state index contributed by atoms with van der Waals surface area (Å²) in [6.45, 7) is 4.24. The summed E-state index contributed by atoms with van der Waals surface area (Å²) in [5.41, 5.74) is 1.86. The molecule has 0 bridgehead atoms. The Morgan fingerprint density at radius 2 is 1.86 bits per heavy atom. The first kappa shape index (κ1) is 24.8. The molecule has 2 aromatic rings. The third-order valence-electron chi connectivity index (χ3n) is 8.52. The van der Waals surface area contributed by atoms with Crippen molar-refractivity contribution in [2.45, 2.75) is 57.5 Å². The summed E-state index contributed by atoms with van der Waals surface area (Å²) < 4.78 is 5.25. The summed E-state index contributed by atoms with van der Waals surface area (Å²) in [5.74, 6) is 1.49. The summed E-state index contributed by atoms with van der Waals surface area (Å²) >= 11 is 0. The third-order valence-corrected chi connectivity index (χ3v) is 8.52. The molecule has 3 fully saturated rings. The van der Waals surface area contributed by atoms with Gasteiger partial charge in [-0.25, -0.2) is 0 Å². The summed E-state index contributed by atoms with van der Waals surface area (Å²) in [6, 6.07) is 13.8. The lowest BCUT2D eigenvalue weighted by atomic mass is 9.77. The van der Waals surface area contributed by atoms with E-state index in [0.29, 0.717) is 12.5 Å². The predicted molar refractivity (Wildman–Crippen MR) is 138 cm³/mol. The van der Waals surface area contributed by atoms with Crippen molar-refractivity contribution in [3.05, 3.63) is 59.9 Å². The fourth-order valence-electron chi connectivity index (χ4n) is 5.81. The van der Waals surface area contributed by atoms with Gasteiger partial charge in [-0.15, -0.1) is 0 Å². The Morgan fingerprint density at radius 3 is 2.50 bits per heavy atom. The van der Waals surface area contributed by atoms with E-state index in [1.807, 2.05) is 47.4 Å². The summed E-state index contributed by atoms with van der Waals surface area (Å²) in [7, 11) is 1.67. The molecule has 3 heterocycles. The minimum atomic E-state index is -0.207. The Morgan fingerprint density at radius 1 is 1.11 bits per heavy atom. The fourth-order valence-corrected chi connectivity index (χ4v) is 5.81. The molecule has 36 heavy (non-hydrogen) atoms. The van der Waals surface area contributed by atoms with Crippen molar-refractivity contribution in [2.75, 3.05) is 33.3 Å². The number of carbonyl (C=O) groups excluding carboxylic acids is 2. The molecule has 1 spiro atoms. The first-order valence-corrected chi connectivity index (χ1v) is 13.4. The number of hydrogen-bond donors (Lipinski definition) is 1. The number of pyridine rings is 1. The number of methoxy groups -OCH3 is 1. The molecule has 7 heteroatoms. The highest BCUT2D eigenvalue weighted by molar-refractivity contribution is 5.85. The molecule has 5 rings (SSSR count). The van der Waals surface area contributed by atoms with E-state index in [-0.39, 0.29) is 23.3 Å². The number of rotatable bonds is 9. The van der Waals surface area contributed by atoms with Crippen molar-refractivity contribution in [2.24, 2.45) is 11.3 Å². The van der Waals surface area contributed by atoms with E-state index in [9.17, 15) is 9.59 Å². The summed E-state index contributed by atoms with van der Waals surface area (Å²) in [4.78, 5) is 35.1. The number of nitrogens with one attached hydrogen (secondary N) is 1. The van der Waals surface area contributed by atoms with Crippen molar-refractivity contribution >= 4 is 11.8 Å². The Labute approximate surface area is 214 Å². The second kappa shape index (κ2) is 11.0. The second-order valence-corrected chi connectivity index (χ2v) is 10.7. The Balaban J connectivity index is 1.13. The van der Waals surface area contributed by atoms with Crippen LogP contribution in [0.5, 0.6) is 5.75 Å². The number of aromatic nitrogens is 1. The van der Waals surface area contributed by atoms with Gasteiger partial charge in [0.05, 0.1) is 24.3 Å². The number of piperidine rings is 1. The van der Waals surface area contributed by atoms with E-state index < -0.39 is 0 Å². The zero-order valence-electron chi connectivity index (χ0n) is 21.3. The molecule has 2 aliphatic heterocycles. The van der Waals surface area contributed by atoms with Crippen LogP contribution < -0.4 is 10.1 Å². The lowest BCUT2D eigenvalue weighted by Gasteiger charge is -2.38. The lowest BCUT2D eigenvalue weighted by molar-refractivity contribution is -0.139. The standard InChI is InChI=1S/C29H38N4O3/c1-36-24-10-8-22(9-11-24)21-33-20-15-29(28(33)35)13-18-32(19-14-29)17-12-26(25-7-2-3-16-30-25)31-27(34)23-5-4-6-23/h2-3,7-11,16,23,26H,4-6,12-15,17-21H2,1H3,(H,31,34). The minimum Gasteiger partial charge on any atom is -0.497 e. The van der Waals surface area contributed by atoms with Gasteiger partial charge in [-0.3, -0.25) is 14.6 Å². The predicted octanol–water partition coefficient (Wildman–Crippen LogP) is 3.95. The molecule has 1 N–H and O–H groups in total. The largest absolute Gasteiger partial charge is 0.497 e. The smallest absolute Gasteiger partial charge is 0.229 e. The molecule has 3 aliphatic rings. The van der Waals surface area contributed by atoms with E-state index >= 15 is 0 Å². The number of likely N-dealkylation sites (tertiary alicyclic amines) is 2. The Bertz CT molecular complexity index is 1030. The summed E-state index contributed by atoms with van der Waals surface area (Å²) in [5, 5.41) is 3.27. The van der Waals surface area contributed by atoms with Crippen LogP contribution in [0.15, 0.2) is 48.7 Å². The van der Waals surface area contributed by atoms with Crippen LogP contribution in [-0.2, 0) is 16.1 Å². The highest BCUT2D eigenvalue weighted by atomic mass is 16.5. The van der Waals surface area contributed by atoms with Crippen molar-refractivity contribution in [1.82, 2.24) is 20.1 Å². The van der Waals surface area contributed by atoms with Crippen molar-refractivity contribution < 1.29 is 14.3 Å². The van der Waals surface area contributed by atoms with Gasteiger partial charge in [0.1, 0.15) is 5.75 Å². The molecular weight excluding hydrogens is 452 g/mol. The average molecular weight is 491 g/mol. The van der Waals surface area contributed by atoms with Gasteiger partial charge >= 0.3 is 0 Å². The molecule has 1 aliphatic carbocycles. The number of carbonyl (C=O) groups is 2. The zero-order valence-corrected chi connectivity index (χ0v) is 21.3. The molecule has 1 atom stereocenters. The van der Waals surface area contributed by atoms with Gasteiger partial charge in [-0.2, -0.15) is 0 Å². The van der Waals surface area contributed by atoms with Gasteiger partial charge in [-0.1, -0.05) is 24.6 Å². The third kappa shape index (κ3) is 5.41. The second-order valence-electron chi connectivity index (χ2n) is 10.7. The van der Waals surface area contributed by atoms with Crippen LogP contribution in [0.2, 0.25) is 0 Å². The molecule has 1 aromatic heterocycles. The van der Waals surface area contributed by atoms with Crippen molar-refractivity contribution in [3.63, 3.8) is 0 Å². The van der Waals surface area contributed by atoms with E-state index in [4.69, 9.17) is 4.74 Å². The first-order valence-electron chi connectivity index (χ1n) is 13.4. The van der Waals surface area contributed by atoms with Gasteiger partial charge in [0, 0.05) is 31.7 Å². The van der Waals surface area contributed by atoms with Crippen molar-refractivity contribution in [3.8, 4) is 5.75 Å². The topological polar surface area (TPSA) is 74.8 Å². The van der Waals surface area contributed by atoms with Crippen LogP contribution in [0.4, 0.5) is 0 Å². The number of hydrogen-bond acceptors (Lipinski definition) is 5. The molecule has 2 amide bonds. The van der Waals surface area contributed by atoms with E-state index in [1.54, 1.807) is 13.3 Å². The lowest BCUT2D eigenvalue weighted by Crippen LogP contribution is -2.45.